The fraction of sp³-hybridized carbons (Fsp3) is 0.385. The second-order valence-electron chi connectivity index (χ2n) is 3.59. The molecule has 1 aliphatic rings. The molecule has 1 saturated heterocycles. The fourth-order valence-corrected chi connectivity index (χ4v) is 0.862. The molecule has 3 N–H and O–H groups in total. The molecule has 5 nitrogen and oxygen atoms in total. The smallest absolute Gasteiger partial charge is 0.240 e. The van der Waals surface area contributed by atoms with Crippen molar-refractivity contribution in [3.8, 4) is 0 Å². The lowest BCUT2D eigenvalue weighted by atomic mass is 10.4. The first-order valence-electron chi connectivity index (χ1n) is 5.48. The third-order valence-corrected chi connectivity index (χ3v) is 1.80. The van der Waals surface area contributed by atoms with Crippen molar-refractivity contribution in [2.45, 2.75) is 19.8 Å². The van der Waals surface area contributed by atoms with E-state index in [1.807, 2.05) is 0 Å². The van der Waals surface area contributed by atoms with Gasteiger partial charge in [-0.05, 0) is 25.6 Å². The van der Waals surface area contributed by atoms with Crippen LogP contribution in [0.25, 0.3) is 0 Å². The molecule has 102 valence electrons. The zero-order chi connectivity index (χ0) is 14.6. The summed E-state index contributed by atoms with van der Waals surface area (Å²) < 4.78 is 0. The van der Waals surface area contributed by atoms with Crippen LogP contribution in [-0.2, 0) is 9.59 Å². The van der Waals surface area contributed by atoms with E-state index in [4.69, 9.17) is 5.11 Å². The summed E-state index contributed by atoms with van der Waals surface area (Å²) in [6.45, 7) is 12.8. The molecule has 1 rings (SSSR count). The summed E-state index contributed by atoms with van der Waals surface area (Å²) in [4.78, 5) is 21.8. The Hall–Kier alpha value is -1.88. The summed E-state index contributed by atoms with van der Waals surface area (Å²) in [5.41, 5.74) is 5.34. The summed E-state index contributed by atoms with van der Waals surface area (Å²) in [6.07, 6.45) is 4.34. The number of nitrogens with two attached hydrogens (primary N) is 1. The van der Waals surface area contributed by atoms with Crippen LogP contribution in [0.2, 0.25) is 0 Å². The standard InChI is InChI=1S/C6H9NO.C4H8O.C3H5NO/c1-2-7-5-3-4-6(7)8;1-4(2)3-5;1-2-3(4)5/h2H,1,3-5H2;5H,1,3H2,2H3;2H,1H2,(H2,4,5). The zero-order valence-electron chi connectivity index (χ0n) is 10.9. The molecule has 0 aliphatic carbocycles. The van der Waals surface area contributed by atoms with Crippen molar-refractivity contribution in [1.29, 1.82) is 0 Å². The molecule has 5 heteroatoms. The van der Waals surface area contributed by atoms with Crippen molar-refractivity contribution in [3.63, 3.8) is 0 Å². The predicted molar refractivity (Wildman–Crippen MR) is 72.4 cm³/mol. The summed E-state index contributed by atoms with van der Waals surface area (Å²) in [7, 11) is 0. The number of likely N-dealkylation sites (tertiary alicyclic amines) is 1. The highest BCUT2D eigenvalue weighted by Crippen LogP contribution is 2.08. The Bertz CT molecular complexity index is 311. The van der Waals surface area contributed by atoms with Crippen LogP contribution in [0.3, 0.4) is 0 Å². The van der Waals surface area contributed by atoms with Gasteiger partial charge in [0.05, 0.1) is 6.61 Å². The Balaban J connectivity index is 0. The first-order chi connectivity index (χ1) is 8.38. The molecule has 2 amide bonds. The van der Waals surface area contributed by atoms with Gasteiger partial charge in [-0.2, -0.15) is 0 Å². The minimum Gasteiger partial charge on any atom is -0.392 e. The molecular formula is C13H22N2O3. The van der Waals surface area contributed by atoms with Gasteiger partial charge in [-0.1, -0.05) is 25.3 Å². The quantitative estimate of drug-likeness (QED) is 0.581. The Morgan fingerprint density at radius 2 is 2.00 bits per heavy atom. The lowest BCUT2D eigenvalue weighted by Gasteiger charge is -2.05. The minimum absolute atomic E-state index is 0.111. The van der Waals surface area contributed by atoms with E-state index in [1.54, 1.807) is 18.0 Å². The minimum atomic E-state index is -0.481. The first kappa shape index (κ1) is 18.5. The van der Waals surface area contributed by atoms with Gasteiger partial charge in [-0.15, -0.1) is 0 Å². The van der Waals surface area contributed by atoms with Gasteiger partial charge in [-0.3, -0.25) is 9.59 Å². The van der Waals surface area contributed by atoms with Crippen LogP contribution < -0.4 is 5.73 Å². The fourth-order valence-electron chi connectivity index (χ4n) is 0.862. The third-order valence-electron chi connectivity index (χ3n) is 1.80. The Morgan fingerprint density at radius 3 is 2.11 bits per heavy atom. The van der Waals surface area contributed by atoms with E-state index in [9.17, 15) is 9.59 Å². The van der Waals surface area contributed by atoms with Gasteiger partial charge in [0.15, 0.2) is 0 Å². The second kappa shape index (κ2) is 11.6. The topological polar surface area (TPSA) is 83.6 Å². The Labute approximate surface area is 108 Å². The van der Waals surface area contributed by atoms with Crippen LogP contribution >= 0.6 is 0 Å². The van der Waals surface area contributed by atoms with E-state index >= 15 is 0 Å². The molecule has 0 spiro atoms. The summed E-state index contributed by atoms with van der Waals surface area (Å²) in [5.74, 6) is -0.273. The number of aliphatic hydroxyl groups is 1. The highest BCUT2D eigenvalue weighted by molar-refractivity contribution is 5.85. The number of hydrogen-bond acceptors (Lipinski definition) is 3. The molecule has 0 radical (unpaired) electrons. The summed E-state index contributed by atoms with van der Waals surface area (Å²) >= 11 is 0. The molecule has 1 heterocycles. The van der Waals surface area contributed by atoms with Crippen molar-refractivity contribution in [2.24, 2.45) is 5.73 Å². The van der Waals surface area contributed by atoms with Crippen molar-refractivity contribution in [3.05, 3.63) is 37.6 Å². The first-order valence-corrected chi connectivity index (χ1v) is 5.48. The van der Waals surface area contributed by atoms with Gasteiger partial charge in [0.25, 0.3) is 0 Å². The molecule has 0 bridgehead atoms. The molecule has 1 fully saturated rings. The number of carbonyl (C=O) groups excluding carboxylic acids is 2. The molecule has 18 heavy (non-hydrogen) atoms. The van der Waals surface area contributed by atoms with Crippen LogP contribution in [0.4, 0.5) is 0 Å². The monoisotopic (exact) mass is 254 g/mol. The number of hydrogen-bond donors (Lipinski definition) is 2. The maximum atomic E-state index is 10.7. The van der Waals surface area contributed by atoms with Crippen molar-refractivity contribution in [1.82, 2.24) is 4.90 Å². The van der Waals surface area contributed by atoms with E-state index in [-0.39, 0.29) is 12.5 Å². The number of primary amides is 1. The van der Waals surface area contributed by atoms with Crippen molar-refractivity contribution >= 4 is 11.8 Å². The van der Waals surface area contributed by atoms with Gasteiger partial charge in [0.1, 0.15) is 0 Å². The average molecular weight is 254 g/mol. The van der Waals surface area contributed by atoms with Crippen LogP contribution in [0.1, 0.15) is 19.8 Å². The molecule has 0 atom stereocenters. The highest BCUT2D eigenvalue weighted by atomic mass is 16.3. The van der Waals surface area contributed by atoms with E-state index in [0.717, 1.165) is 24.6 Å². The second-order valence-corrected chi connectivity index (χ2v) is 3.59. The van der Waals surface area contributed by atoms with E-state index in [2.05, 4.69) is 25.5 Å². The van der Waals surface area contributed by atoms with Gasteiger partial charge < -0.3 is 15.7 Å². The lowest BCUT2D eigenvalue weighted by molar-refractivity contribution is -0.125. The predicted octanol–water partition coefficient (Wildman–Crippen LogP) is 0.965. The SMILES string of the molecule is C=C(C)CO.C=CC(N)=O.C=CN1CCCC1=O. The average Bonchev–Trinajstić information content (AvgIpc) is 2.76. The maximum absolute atomic E-state index is 10.7. The van der Waals surface area contributed by atoms with Crippen molar-refractivity contribution in [2.75, 3.05) is 13.2 Å². The van der Waals surface area contributed by atoms with Crippen LogP contribution in [0, 0.1) is 0 Å². The molecule has 0 saturated carbocycles. The Kier molecular flexibility index (Phi) is 11.9. The van der Waals surface area contributed by atoms with Gasteiger partial charge in [0, 0.05) is 13.0 Å². The van der Waals surface area contributed by atoms with E-state index < -0.39 is 5.91 Å². The Morgan fingerprint density at radius 1 is 1.56 bits per heavy atom. The third kappa shape index (κ3) is 12.2. The molecule has 1 aliphatic heterocycles. The molecular weight excluding hydrogens is 232 g/mol. The normalized spacial score (nSPS) is 12.6. The van der Waals surface area contributed by atoms with E-state index in [0.29, 0.717) is 6.42 Å². The highest BCUT2D eigenvalue weighted by Gasteiger charge is 2.15. The molecule has 0 aromatic rings. The van der Waals surface area contributed by atoms with Crippen LogP contribution in [-0.4, -0.2) is 35.0 Å². The number of carbonyl (C=O) groups is 2. The molecule has 0 aromatic heterocycles. The van der Waals surface area contributed by atoms with Gasteiger partial charge >= 0.3 is 0 Å². The molecule has 0 unspecified atom stereocenters. The van der Waals surface area contributed by atoms with Crippen LogP contribution in [0.15, 0.2) is 37.6 Å². The maximum Gasteiger partial charge on any atom is 0.240 e. The van der Waals surface area contributed by atoms with Crippen molar-refractivity contribution < 1.29 is 14.7 Å². The zero-order valence-corrected chi connectivity index (χ0v) is 10.9. The number of rotatable bonds is 3. The largest absolute Gasteiger partial charge is 0.392 e. The number of nitrogens with zero attached hydrogens (tertiary/aromatic N) is 1. The van der Waals surface area contributed by atoms with Gasteiger partial charge in [-0.25, -0.2) is 0 Å². The summed E-state index contributed by atoms with van der Waals surface area (Å²) in [6, 6.07) is 0. The van der Waals surface area contributed by atoms with Crippen LogP contribution in [0.5, 0.6) is 0 Å². The summed E-state index contributed by atoms with van der Waals surface area (Å²) in [5, 5.41) is 8.04. The lowest BCUT2D eigenvalue weighted by Crippen LogP contribution is -2.16. The van der Waals surface area contributed by atoms with E-state index in [1.165, 1.54) is 0 Å². The van der Waals surface area contributed by atoms with Gasteiger partial charge in [0.2, 0.25) is 11.8 Å². The number of aliphatic hydroxyl groups excluding tert-OH is 1. The molecule has 0 aromatic carbocycles. The number of amides is 2.